The molecule has 0 aliphatic rings. The highest BCUT2D eigenvalue weighted by atomic mass is 15.1. The molecule has 0 spiro atoms. The van der Waals surface area contributed by atoms with Crippen LogP contribution in [-0.4, -0.2) is 17.0 Å². The Morgan fingerprint density at radius 3 is 2.55 bits per heavy atom. The van der Waals surface area contributed by atoms with E-state index >= 15 is 0 Å². The summed E-state index contributed by atoms with van der Waals surface area (Å²) < 4.78 is 0. The second-order valence-corrected chi connectivity index (χ2v) is 5.53. The van der Waals surface area contributed by atoms with Crippen molar-refractivity contribution in [3.63, 3.8) is 0 Å². The van der Waals surface area contributed by atoms with Gasteiger partial charge in [-0.15, -0.1) is 0 Å². The Labute approximate surface area is 129 Å². The van der Waals surface area contributed by atoms with Gasteiger partial charge < -0.3 is 9.88 Å². The molecule has 0 aliphatic heterocycles. The monoisotopic (exact) mass is 287 g/mol. The van der Waals surface area contributed by atoms with Crippen molar-refractivity contribution in [2.75, 3.05) is 11.9 Å². The zero-order valence-corrected chi connectivity index (χ0v) is 12.5. The maximum atomic E-state index is 4.87. The fraction of sp³-hybridized carbons (Fsp3) is 0.105. The molecule has 0 unspecified atom stereocenters. The minimum Gasteiger partial charge on any atom is -0.369 e. The van der Waals surface area contributed by atoms with Gasteiger partial charge in [0.25, 0.3) is 0 Å². The third kappa shape index (κ3) is 2.11. The smallest absolute Gasteiger partial charge is 0.0844 e. The quantitative estimate of drug-likeness (QED) is 0.607. The highest BCUT2D eigenvalue weighted by Crippen LogP contribution is 2.26. The molecule has 2 aromatic carbocycles. The first-order chi connectivity index (χ1) is 10.8. The van der Waals surface area contributed by atoms with Crippen molar-refractivity contribution in [3.8, 4) is 0 Å². The van der Waals surface area contributed by atoms with Crippen LogP contribution in [0.1, 0.15) is 5.69 Å². The van der Waals surface area contributed by atoms with Crippen LogP contribution in [0.4, 0.5) is 5.69 Å². The molecule has 3 heteroatoms. The number of para-hydroxylation sites is 2. The third-order valence-electron chi connectivity index (χ3n) is 4.07. The number of H-pyrrole nitrogens is 1. The Bertz CT molecular complexity index is 925. The summed E-state index contributed by atoms with van der Waals surface area (Å²) in [6.07, 6.45) is 1.99. The van der Waals surface area contributed by atoms with Crippen molar-refractivity contribution < 1.29 is 0 Å². The number of benzene rings is 2. The fourth-order valence-corrected chi connectivity index (χ4v) is 2.95. The Kier molecular flexibility index (Phi) is 3.04. The van der Waals surface area contributed by atoms with Crippen molar-refractivity contribution >= 4 is 27.5 Å². The van der Waals surface area contributed by atoms with Gasteiger partial charge >= 0.3 is 0 Å². The zero-order chi connectivity index (χ0) is 14.9. The van der Waals surface area contributed by atoms with Gasteiger partial charge in [-0.2, -0.15) is 0 Å². The Hall–Kier alpha value is -2.81. The van der Waals surface area contributed by atoms with Crippen LogP contribution in [-0.2, 0) is 6.54 Å². The number of hydrogen-bond acceptors (Lipinski definition) is 2. The second kappa shape index (κ2) is 5.19. The number of aromatic nitrogens is 2. The van der Waals surface area contributed by atoms with E-state index in [1.54, 1.807) is 0 Å². The van der Waals surface area contributed by atoms with Gasteiger partial charge in [0.2, 0.25) is 0 Å². The largest absolute Gasteiger partial charge is 0.369 e. The van der Waals surface area contributed by atoms with E-state index in [1.165, 1.54) is 16.5 Å². The number of hydrogen-bond donors (Lipinski definition) is 1. The number of fused-ring (bicyclic) bond motifs is 3. The number of aromatic amines is 1. The lowest BCUT2D eigenvalue weighted by molar-refractivity contribution is 0.898. The van der Waals surface area contributed by atoms with Crippen LogP contribution >= 0.6 is 0 Å². The standard InChI is InChI=1S/C19H17N3/c1-22(14-7-3-2-4-8-14)13-18-19-16(11-12-20-19)15-9-5-6-10-17(15)21-18/h2-12,20H,13H2,1H3. The minimum absolute atomic E-state index is 0.770. The lowest BCUT2D eigenvalue weighted by atomic mass is 10.1. The molecule has 4 aromatic rings. The summed E-state index contributed by atoms with van der Waals surface area (Å²) in [5.41, 5.74) is 4.44. The van der Waals surface area contributed by atoms with Gasteiger partial charge in [0.15, 0.2) is 0 Å². The molecular formula is C19H17N3. The van der Waals surface area contributed by atoms with E-state index in [0.717, 1.165) is 23.3 Å². The molecule has 2 aromatic heterocycles. The van der Waals surface area contributed by atoms with Crippen molar-refractivity contribution in [2.24, 2.45) is 0 Å². The maximum absolute atomic E-state index is 4.87. The van der Waals surface area contributed by atoms with Crippen LogP contribution in [0.3, 0.4) is 0 Å². The van der Waals surface area contributed by atoms with E-state index in [0.29, 0.717) is 0 Å². The van der Waals surface area contributed by atoms with Gasteiger partial charge in [-0.1, -0.05) is 36.4 Å². The lowest BCUT2D eigenvalue weighted by Gasteiger charge is -2.19. The summed E-state index contributed by atoms with van der Waals surface area (Å²) in [5, 5.41) is 2.44. The topological polar surface area (TPSA) is 31.9 Å². The predicted molar refractivity (Wildman–Crippen MR) is 92.1 cm³/mol. The third-order valence-corrected chi connectivity index (χ3v) is 4.07. The van der Waals surface area contributed by atoms with Crippen molar-refractivity contribution in [3.05, 3.63) is 72.6 Å². The molecule has 108 valence electrons. The Morgan fingerprint density at radius 2 is 1.68 bits per heavy atom. The molecular weight excluding hydrogens is 270 g/mol. The van der Waals surface area contributed by atoms with E-state index < -0.39 is 0 Å². The summed E-state index contributed by atoms with van der Waals surface area (Å²) in [6, 6.07) is 20.8. The number of nitrogens with one attached hydrogen (secondary N) is 1. The van der Waals surface area contributed by atoms with Crippen LogP contribution in [0.2, 0.25) is 0 Å². The Morgan fingerprint density at radius 1 is 0.909 bits per heavy atom. The van der Waals surface area contributed by atoms with Gasteiger partial charge in [0.1, 0.15) is 0 Å². The van der Waals surface area contributed by atoms with Crippen LogP contribution in [0.15, 0.2) is 66.9 Å². The van der Waals surface area contributed by atoms with Crippen LogP contribution in [0.5, 0.6) is 0 Å². The van der Waals surface area contributed by atoms with Crippen LogP contribution < -0.4 is 4.90 Å². The first-order valence-corrected chi connectivity index (χ1v) is 7.44. The zero-order valence-electron chi connectivity index (χ0n) is 12.5. The first kappa shape index (κ1) is 12.9. The van der Waals surface area contributed by atoms with Crippen molar-refractivity contribution in [2.45, 2.75) is 6.54 Å². The molecule has 0 amide bonds. The molecule has 2 heterocycles. The number of pyridine rings is 1. The van der Waals surface area contributed by atoms with Crippen molar-refractivity contribution in [1.82, 2.24) is 9.97 Å². The van der Waals surface area contributed by atoms with Gasteiger partial charge in [0.05, 0.1) is 23.3 Å². The Balaban J connectivity index is 1.82. The lowest BCUT2D eigenvalue weighted by Crippen LogP contribution is -2.17. The summed E-state index contributed by atoms with van der Waals surface area (Å²) >= 11 is 0. The SMILES string of the molecule is CN(Cc1nc2ccccc2c2cc[nH]c12)c1ccccc1. The van der Waals surface area contributed by atoms with Gasteiger partial charge in [-0.25, -0.2) is 4.98 Å². The number of nitrogens with zero attached hydrogens (tertiary/aromatic N) is 2. The van der Waals surface area contributed by atoms with E-state index in [2.05, 4.69) is 65.5 Å². The molecule has 1 N–H and O–H groups in total. The van der Waals surface area contributed by atoms with Crippen LogP contribution in [0, 0.1) is 0 Å². The molecule has 0 saturated carbocycles. The molecule has 0 atom stereocenters. The summed E-state index contributed by atoms with van der Waals surface area (Å²) in [7, 11) is 2.10. The summed E-state index contributed by atoms with van der Waals surface area (Å²) in [4.78, 5) is 10.4. The first-order valence-electron chi connectivity index (χ1n) is 7.44. The molecule has 4 rings (SSSR count). The van der Waals surface area contributed by atoms with Crippen molar-refractivity contribution in [1.29, 1.82) is 0 Å². The highest BCUT2D eigenvalue weighted by Gasteiger charge is 2.11. The molecule has 0 aliphatic carbocycles. The van der Waals surface area contributed by atoms with Crippen LogP contribution in [0.25, 0.3) is 21.8 Å². The molecule has 22 heavy (non-hydrogen) atoms. The normalized spacial score (nSPS) is 11.1. The molecule has 0 saturated heterocycles. The average Bonchev–Trinajstić information content (AvgIpc) is 3.06. The summed E-state index contributed by atoms with van der Waals surface area (Å²) in [6.45, 7) is 0.770. The van der Waals surface area contributed by atoms with Gasteiger partial charge in [-0.3, -0.25) is 0 Å². The number of rotatable bonds is 3. The minimum atomic E-state index is 0.770. The second-order valence-electron chi connectivity index (χ2n) is 5.53. The predicted octanol–water partition coefficient (Wildman–Crippen LogP) is 4.35. The molecule has 0 bridgehead atoms. The molecule has 3 nitrogen and oxygen atoms in total. The van der Waals surface area contributed by atoms with E-state index in [9.17, 15) is 0 Å². The van der Waals surface area contributed by atoms with Gasteiger partial charge in [-0.05, 0) is 24.3 Å². The van der Waals surface area contributed by atoms with E-state index in [4.69, 9.17) is 4.98 Å². The maximum Gasteiger partial charge on any atom is 0.0844 e. The van der Waals surface area contributed by atoms with Gasteiger partial charge in [0, 0.05) is 29.7 Å². The summed E-state index contributed by atoms with van der Waals surface area (Å²) in [5.74, 6) is 0. The average molecular weight is 287 g/mol. The molecule has 0 fully saturated rings. The molecule has 0 radical (unpaired) electrons. The fourth-order valence-electron chi connectivity index (χ4n) is 2.95. The van der Waals surface area contributed by atoms with E-state index in [-0.39, 0.29) is 0 Å². The van der Waals surface area contributed by atoms with E-state index in [1.807, 2.05) is 18.3 Å². The number of anilines is 1. The highest BCUT2D eigenvalue weighted by molar-refractivity contribution is 6.05.